The Kier molecular flexibility index (Phi) is 4.98. The van der Waals surface area contributed by atoms with Gasteiger partial charge in [0.25, 0.3) is 0 Å². The highest BCUT2D eigenvalue weighted by atomic mass is 32.2. The third-order valence-electron chi connectivity index (χ3n) is 3.20. The first-order valence-electron chi connectivity index (χ1n) is 6.64. The predicted molar refractivity (Wildman–Crippen MR) is 84.3 cm³/mol. The average molecular weight is 302 g/mol. The van der Waals surface area contributed by atoms with Crippen molar-refractivity contribution in [2.75, 3.05) is 0 Å². The van der Waals surface area contributed by atoms with Crippen LogP contribution in [0.1, 0.15) is 27.6 Å². The van der Waals surface area contributed by atoms with E-state index >= 15 is 0 Å². The number of nitrogens with zero attached hydrogens (tertiary/aromatic N) is 1. The van der Waals surface area contributed by atoms with Crippen molar-refractivity contribution in [3.63, 3.8) is 0 Å². The Bertz CT molecular complexity index is 644. The van der Waals surface area contributed by atoms with Crippen LogP contribution >= 0.6 is 11.8 Å². The molecule has 5 heteroatoms. The molecule has 0 aliphatic heterocycles. The molecule has 1 heterocycles. The second-order valence-corrected chi connectivity index (χ2v) is 5.91. The van der Waals surface area contributed by atoms with Crippen LogP contribution in [-0.2, 0) is 11.3 Å². The zero-order chi connectivity index (χ0) is 15.4. The minimum Gasteiger partial charge on any atom is -0.480 e. The van der Waals surface area contributed by atoms with Gasteiger partial charge in [-0.25, -0.2) is 4.98 Å². The SMILES string of the molecule is Cc1cc(C)c(CN)c(S[C@@H](C(=O)O)c2ccccc2)n1. The predicted octanol–water partition coefficient (Wildman–Crippen LogP) is 3.08. The second-order valence-electron chi connectivity index (χ2n) is 4.82. The number of benzene rings is 1. The zero-order valence-electron chi connectivity index (χ0n) is 12.0. The van der Waals surface area contributed by atoms with Crippen molar-refractivity contribution >= 4 is 17.7 Å². The highest BCUT2D eigenvalue weighted by molar-refractivity contribution is 8.00. The van der Waals surface area contributed by atoms with E-state index in [4.69, 9.17) is 5.73 Å². The monoisotopic (exact) mass is 302 g/mol. The lowest BCUT2D eigenvalue weighted by Gasteiger charge is -2.16. The summed E-state index contributed by atoms with van der Waals surface area (Å²) in [5.74, 6) is -0.880. The van der Waals surface area contributed by atoms with Gasteiger partial charge in [-0.05, 0) is 31.0 Å². The van der Waals surface area contributed by atoms with Gasteiger partial charge in [-0.3, -0.25) is 4.79 Å². The molecule has 4 nitrogen and oxygen atoms in total. The molecule has 21 heavy (non-hydrogen) atoms. The first-order chi connectivity index (χ1) is 10.0. The highest BCUT2D eigenvalue weighted by Gasteiger charge is 2.23. The van der Waals surface area contributed by atoms with Crippen molar-refractivity contribution in [3.8, 4) is 0 Å². The molecule has 0 fully saturated rings. The van der Waals surface area contributed by atoms with E-state index in [1.54, 1.807) is 0 Å². The number of nitrogens with two attached hydrogens (primary N) is 1. The summed E-state index contributed by atoms with van der Waals surface area (Å²) in [7, 11) is 0. The molecule has 0 spiro atoms. The van der Waals surface area contributed by atoms with Crippen LogP contribution in [0.3, 0.4) is 0 Å². The molecule has 0 aliphatic rings. The van der Waals surface area contributed by atoms with Crippen LogP contribution in [0.4, 0.5) is 0 Å². The molecule has 1 aromatic heterocycles. The van der Waals surface area contributed by atoms with Crippen LogP contribution in [0.15, 0.2) is 41.4 Å². The van der Waals surface area contributed by atoms with Crippen molar-refractivity contribution in [2.45, 2.75) is 30.7 Å². The smallest absolute Gasteiger partial charge is 0.321 e. The van der Waals surface area contributed by atoms with E-state index in [0.29, 0.717) is 11.6 Å². The third kappa shape index (κ3) is 3.62. The van der Waals surface area contributed by atoms with Crippen molar-refractivity contribution in [2.24, 2.45) is 5.73 Å². The molecule has 110 valence electrons. The van der Waals surface area contributed by atoms with Crippen LogP contribution in [0.25, 0.3) is 0 Å². The maximum absolute atomic E-state index is 11.6. The Balaban J connectivity index is 2.41. The minimum atomic E-state index is -0.880. The van der Waals surface area contributed by atoms with Crippen molar-refractivity contribution < 1.29 is 9.90 Å². The van der Waals surface area contributed by atoms with Gasteiger partial charge < -0.3 is 10.8 Å². The Hall–Kier alpha value is -1.85. The van der Waals surface area contributed by atoms with Crippen molar-refractivity contribution in [1.29, 1.82) is 0 Å². The van der Waals surface area contributed by atoms with Gasteiger partial charge in [0.15, 0.2) is 0 Å². The Labute approximate surface area is 128 Å². The molecule has 0 bridgehead atoms. The van der Waals surface area contributed by atoms with Gasteiger partial charge in [0.05, 0.1) is 0 Å². The standard InChI is InChI=1S/C16H18N2O2S/c1-10-8-11(2)18-15(13(10)9-17)21-14(16(19)20)12-6-4-3-5-7-12/h3-8,14H,9,17H2,1-2H3,(H,19,20)/t14-/m1/s1. The molecule has 1 aromatic carbocycles. The number of aromatic nitrogens is 1. The van der Waals surface area contributed by atoms with E-state index in [9.17, 15) is 9.90 Å². The first-order valence-corrected chi connectivity index (χ1v) is 7.52. The van der Waals surface area contributed by atoms with Gasteiger partial charge in [0, 0.05) is 17.8 Å². The summed E-state index contributed by atoms with van der Waals surface area (Å²) in [4.78, 5) is 16.1. The summed E-state index contributed by atoms with van der Waals surface area (Å²) < 4.78 is 0. The molecule has 0 unspecified atom stereocenters. The highest BCUT2D eigenvalue weighted by Crippen LogP contribution is 2.37. The summed E-state index contributed by atoms with van der Waals surface area (Å²) in [6, 6.07) is 11.1. The van der Waals surface area contributed by atoms with Crippen LogP contribution in [-0.4, -0.2) is 16.1 Å². The number of hydrogen-bond acceptors (Lipinski definition) is 4. The van der Waals surface area contributed by atoms with Gasteiger partial charge in [-0.2, -0.15) is 0 Å². The van der Waals surface area contributed by atoms with Crippen LogP contribution in [0, 0.1) is 13.8 Å². The lowest BCUT2D eigenvalue weighted by atomic mass is 10.1. The molecular weight excluding hydrogens is 284 g/mol. The Morgan fingerprint density at radius 2 is 2.00 bits per heavy atom. The Morgan fingerprint density at radius 1 is 1.33 bits per heavy atom. The van der Waals surface area contributed by atoms with Gasteiger partial charge in [0.2, 0.25) is 0 Å². The quantitative estimate of drug-likeness (QED) is 0.830. The molecule has 0 saturated heterocycles. The fraction of sp³-hybridized carbons (Fsp3) is 0.250. The lowest BCUT2D eigenvalue weighted by molar-refractivity contribution is -0.136. The van der Waals surface area contributed by atoms with E-state index in [-0.39, 0.29) is 0 Å². The molecule has 0 saturated carbocycles. The number of carboxylic acids is 1. The molecule has 1 atom stereocenters. The number of aryl methyl sites for hydroxylation is 2. The van der Waals surface area contributed by atoms with Crippen LogP contribution < -0.4 is 5.73 Å². The first kappa shape index (κ1) is 15.5. The molecular formula is C16H18N2O2S. The number of carbonyl (C=O) groups is 1. The van der Waals surface area contributed by atoms with E-state index in [0.717, 1.165) is 22.4 Å². The van der Waals surface area contributed by atoms with Crippen molar-refractivity contribution in [3.05, 3.63) is 58.8 Å². The molecule has 0 amide bonds. The molecule has 2 rings (SSSR count). The third-order valence-corrected chi connectivity index (χ3v) is 4.47. The summed E-state index contributed by atoms with van der Waals surface area (Å²) in [6.45, 7) is 4.22. The van der Waals surface area contributed by atoms with Gasteiger partial charge in [-0.15, -0.1) is 0 Å². The fourth-order valence-electron chi connectivity index (χ4n) is 2.18. The number of rotatable bonds is 5. The van der Waals surface area contributed by atoms with Crippen LogP contribution in [0.5, 0.6) is 0 Å². The normalized spacial score (nSPS) is 12.1. The number of thioether (sulfide) groups is 1. The number of hydrogen-bond donors (Lipinski definition) is 2. The number of aliphatic carboxylic acids is 1. The minimum absolute atomic E-state index is 0.350. The second kappa shape index (κ2) is 6.74. The van der Waals surface area contributed by atoms with Crippen LogP contribution in [0.2, 0.25) is 0 Å². The maximum atomic E-state index is 11.6. The van der Waals surface area contributed by atoms with E-state index in [1.807, 2.05) is 50.2 Å². The Morgan fingerprint density at radius 3 is 2.57 bits per heavy atom. The fourth-order valence-corrected chi connectivity index (χ4v) is 3.38. The summed E-state index contributed by atoms with van der Waals surface area (Å²) in [5, 5.41) is 9.52. The van der Waals surface area contributed by atoms with Gasteiger partial charge >= 0.3 is 5.97 Å². The van der Waals surface area contributed by atoms with Crippen molar-refractivity contribution in [1.82, 2.24) is 4.98 Å². The van der Waals surface area contributed by atoms with E-state index < -0.39 is 11.2 Å². The molecule has 3 N–H and O–H groups in total. The number of pyridine rings is 1. The van der Waals surface area contributed by atoms with E-state index in [1.165, 1.54) is 11.8 Å². The van der Waals surface area contributed by atoms with Gasteiger partial charge in [0.1, 0.15) is 10.3 Å². The lowest BCUT2D eigenvalue weighted by Crippen LogP contribution is -2.11. The summed E-state index contributed by atoms with van der Waals surface area (Å²) in [6.07, 6.45) is 0. The van der Waals surface area contributed by atoms with Gasteiger partial charge in [-0.1, -0.05) is 42.1 Å². The molecule has 0 radical (unpaired) electrons. The maximum Gasteiger partial charge on any atom is 0.321 e. The zero-order valence-corrected chi connectivity index (χ0v) is 12.9. The number of carboxylic acid groups (broad SMARTS) is 1. The topological polar surface area (TPSA) is 76.2 Å². The molecule has 2 aromatic rings. The van der Waals surface area contributed by atoms with E-state index in [2.05, 4.69) is 4.98 Å². The average Bonchev–Trinajstić information content (AvgIpc) is 2.45. The molecule has 0 aliphatic carbocycles. The largest absolute Gasteiger partial charge is 0.480 e. The summed E-state index contributed by atoms with van der Waals surface area (Å²) in [5.41, 5.74) is 9.36. The summed E-state index contributed by atoms with van der Waals surface area (Å²) >= 11 is 1.24.